The van der Waals surface area contributed by atoms with Crippen molar-refractivity contribution in [2.45, 2.75) is 19.4 Å². The first-order valence-electron chi connectivity index (χ1n) is 9.06. The zero-order valence-corrected chi connectivity index (χ0v) is 15.2. The summed E-state index contributed by atoms with van der Waals surface area (Å²) in [6.45, 7) is 1.42. The number of carbonyl (C=O) groups excluding carboxylic acids is 1. The number of para-hydroxylation sites is 1. The Morgan fingerprint density at radius 1 is 1.14 bits per heavy atom. The highest BCUT2D eigenvalue weighted by molar-refractivity contribution is 5.92. The molecule has 28 heavy (non-hydrogen) atoms. The van der Waals surface area contributed by atoms with Gasteiger partial charge in [-0.15, -0.1) is 0 Å². The topological polar surface area (TPSA) is 93.1 Å². The second-order valence-electron chi connectivity index (χ2n) is 6.37. The quantitative estimate of drug-likeness (QED) is 0.672. The molecule has 1 aliphatic rings. The van der Waals surface area contributed by atoms with Crippen molar-refractivity contribution in [1.29, 1.82) is 0 Å². The van der Waals surface area contributed by atoms with E-state index in [0.29, 0.717) is 43.1 Å². The highest BCUT2D eigenvalue weighted by atomic mass is 16.6. The number of anilines is 1. The molecule has 0 bridgehead atoms. The molecule has 1 aromatic carbocycles. The Morgan fingerprint density at radius 2 is 1.96 bits per heavy atom. The Hall–Kier alpha value is -3.55. The van der Waals surface area contributed by atoms with Crippen molar-refractivity contribution in [1.82, 2.24) is 10.1 Å². The van der Waals surface area contributed by atoms with Crippen LogP contribution < -0.4 is 5.32 Å². The maximum atomic E-state index is 12.3. The van der Waals surface area contributed by atoms with Gasteiger partial charge in [0.1, 0.15) is 5.69 Å². The van der Waals surface area contributed by atoms with E-state index in [9.17, 15) is 4.79 Å². The monoisotopic (exact) mass is 380 g/mol. The van der Waals surface area contributed by atoms with Gasteiger partial charge in [0.05, 0.1) is 12.0 Å². The van der Waals surface area contributed by atoms with Gasteiger partial charge in [-0.3, -0.25) is 0 Å². The van der Waals surface area contributed by atoms with Gasteiger partial charge in [-0.2, -0.15) is 0 Å². The van der Waals surface area contributed by atoms with Crippen molar-refractivity contribution in [2.75, 3.05) is 18.4 Å². The van der Waals surface area contributed by atoms with Crippen LogP contribution in [0, 0.1) is 0 Å². The number of urea groups is 1. The molecule has 8 nitrogen and oxygen atoms in total. The van der Waals surface area contributed by atoms with Crippen molar-refractivity contribution in [2.24, 2.45) is 5.16 Å². The van der Waals surface area contributed by atoms with Crippen LogP contribution in [0.2, 0.25) is 0 Å². The van der Waals surface area contributed by atoms with Crippen molar-refractivity contribution in [3.8, 4) is 11.5 Å². The first-order chi connectivity index (χ1) is 13.8. The molecular formula is C20H20N4O4. The molecule has 0 atom stereocenters. The number of rotatable bonds is 5. The molecule has 3 heterocycles. The number of benzene rings is 1. The Morgan fingerprint density at radius 3 is 2.71 bits per heavy atom. The van der Waals surface area contributed by atoms with Gasteiger partial charge in [-0.25, -0.2) is 4.79 Å². The van der Waals surface area contributed by atoms with E-state index in [1.807, 2.05) is 30.3 Å². The SMILES string of the molecule is O=C(Nc1ccccc1)N1CCC(=NOCc2cc(-c3ccco3)on2)CC1. The van der Waals surface area contributed by atoms with Crippen LogP contribution in [0.3, 0.4) is 0 Å². The standard InChI is InChI=1S/C20H20N4O4/c25-20(21-15-5-2-1-3-6-15)24-10-8-16(9-11-24)22-27-14-17-13-19(28-23-17)18-7-4-12-26-18/h1-7,12-13H,8-11,14H2,(H,21,25). The molecule has 2 aromatic heterocycles. The number of nitrogens with one attached hydrogen (secondary N) is 1. The lowest BCUT2D eigenvalue weighted by Crippen LogP contribution is -2.41. The maximum Gasteiger partial charge on any atom is 0.321 e. The summed E-state index contributed by atoms with van der Waals surface area (Å²) in [5.74, 6) is 1.17. The molecule has 4 rings (SSSR count). The van der Waals surface area contributed by atoms with Gasteiger partial charge < -0.3 is 24.0 Å². The smallest absolute Gasteiger partial charge is 0.321 e. The third-order valence-electron chi connectivity index (χ3n) is 4.38. The molecule has 0 saturated carbocycles. The van der Waals surface area contributed by atoms with Crippen LogP contribution in [-0.4, -0.2) is 34.9 Å². The third kappa shape index (κ3) is 4.40. The van der Waals surface area contributed by atoms with E-state index in [0.717, 1.165) is 11.4 Å². The molecule has 0 aliphatic carbocycles. The maximum absolute atomic E-state index is 12.3. The molecule has 0 spiro atoms. The van der Waals surface area contributed by atoms with E-state index in [1.165, 1.54) is 0 Å². The van der Waals surface area contributed by atoms with Crippen LogP contribution in [-0.2, 0) is 11.4 Å². The van der Waals surface area contributed by atoms with Crippen molar-refractivity contribution >= 4 is 17.4 Å². The normalized spacial score (nSPS) is 14.0. The van der Waals surface area contributed by atoms with Crippen molar-refractivity contribution in [3.63, 3.8) is 0 Å². The second-order valence-corrected chi connectivity index (χ2v) is 6.37. The van der Waals surface area contributed by atoms with Gasteiger partial charge in [-0.1, -0.05) is 28.5 Å². The Balaban J connectivity index is 1.23. The number of nitrogens with zero attached hydrogens (tertiary/aromatic N) is 3. The number of piperidine rings is 1. The zero-order valence-electron chi connectivity index (χ0n) is 15.2. The number of likely N-dealkylation sites (tertiary alicyclic amines) is 1. The Kier molecular flexibility index (Phi) is 5.37. The first-order valence-corrected chi connectivity index (χ1v) is 9.06. The highest BCUT2D eigenvalue weighted by Crippen LogP contribution is 2.21. The van der Waals surface area contributed by atoms with Crippen LogP contribution in [0.15, 0.2) is 68.9 Å². The lowest BCUT2D eigenvalue weighted by molar-refractivity contribution is 0.122. The second kappa shape index (κ2) is 8.43. The average Bonchev–Trinajstić information content (AvgIpc) is 3.41. The average molecular weight is 380 g/mol. The lowest BCUT2D eigenvalue weighted by Gasteiger charge is -2.27. The molecule has 3 aromatic rings. The van der Waals surface area contributed by atoms with E-state index in [-0.39, 0.29) is 12.6 Å². The minimum absolute atomic E-state index is 0.0979. The summed E-state index contributed by atoms with van der Waals surface area (Å²) < 4.78 is 10.5. The lowest BCUT2D eigenvalue weighted by atomic mass is 10.1. The molecule has 1 fully saturated rings. The van der Waals surface area contributed by atoms with Crippen LogP contribution in [0.25, 0.3) is 11.5 Å². The molecular weight excluding hydrogens is 360 g/mol. The molecule has 1 saturated heterocycles. The minimum Gasteiger partial charge on any atom is -0.461 e. The van der Waals surface area contributed by atoms with Gasteiger partial charge in [0.15, 0.2) is 12.4 Å². The van der Waals surface area contributed by atoms with Crippen molar-refractivity contribution < 1.29 is 18.6 Å². The third-order valence-corrected chi connectivity index (χ3v) is 4.38. The minimum atomic E-state index is -0.0979. The summed E-state index contributed by atoms with van der Waals surface area (Å²) in [5, 5.41) is 11.0. The van der Waals surface area contributed by atoms with Gasteiger partial charge in [0.25, 0.3) is 0 Å². The highest BCUT2D eigenvalue weighted by Gasteiger charge is 2.20. The molecule has 8 heteroatoms. The molecule has 2 amide bonds. The van der Waals surface area contributed by atoms with Crippen LogP contribution >= 0.6 is 0 Å². The van der Waals surface area contributed by atoms with Gasteiger partial charge in [0, 0.05) is 37.7 Å². The summed E-state index contributed by atoms with van der Waals surface area (Å²) >= 11 is 0. The molecule has 1 N–H and O–H groups in total. The number of hydrogen-bond donors (Lipinski definition) is 1. The molecule has 0 unspecified atom stereocenters. The van der Waals surface area contributed by atoms with Gasteiger partial charge in [0.2, 0.25) is 5.76 Å². The van der Waals surface area contributed by atoms with Gasteiger partial charge >= 0.3 is 6.03 Å². The van der Waals surface area contributed by atoms with E-state index < -0.39 is 0 Å². The summed E-state index contributed by atoms with van der Waals surface area (Å²) in [6, 6.07) is 14.7. The number of hydrogen-bond acceptors (Lipinski definition) is 6. The predicted molar refractivity (Wildman–Crippen MR) is 103 cm³/mol. The fourth-order valence-electron chi connectivity index (χ4n) is 2.89. The molecule has 144 valence electrons. The van der Waals surface area contributed by atoms with E-state index >= 15 is 0 Å². The Labute approximate surface area is 161 Å². The van der Waals surface area contributed by atoms with Crippen LogP contribution in [0.4, 0.5) is 10.5 Å². The number of carbonyl (C=O) groups is 1. The van der Waals surface area contributed by atoms with Crippen LogP contribution in [0.5, 0.6) is 0 Å². The predicted octanol–water partition coefficient (Wildman–Crippen LogP) is 4.14. The van der Waals surface area contributed by atoms with E-state index in [2.05, 4.69) is 15.6 Å². The number of furan rings is 1. The Bertz CT molecular complexity index is 924. The molecule has 0 radical (unpaired) electrons. The summed E-state index contributed by atoms with van der Waals surface area (Å²) in [6.07, 6.45) is 2.93. The fourth-order valence-corrected chi connectivity index (χ4v) is 2.89. The largest absolute Gasteiger partial charge is 0.461 e. The van der Waals surface area contributed by atoms with Crippen molar-refractivity contribution in [3.05, 3.63) is 60.5 Å². The van der Waals surface area contributed by atoms with Crippen LogP contribution in [0.1, 0.15) is 18.5 Å². The van der Waals surface area contributed by atoms with E-state index in [4.69, 9.17) is 13.8 Å². The summed E-state index contributed by atoms with van der Waals surface area (Å²) in [4.78, 5) is 19.5. The van der Waals surface area contributed by atoms with E-state index in [1.54, 1.807) is 29.4 Å². The number of oxime groups is 1. The first kappa shape index (κ1) is 17.8. The molecule has 1 aliphatic heterocycles. The zero-order chi connectivity index (χ0) is 19.2. The number of aromatic nitrogens is 1. The number of amides is 2. The summed E-state index contributed by atoms with van der Waals surface area (Å²) in [7, 11) is 0. The summed E-state index contributed by atoms with van der Waals surface area (Å²) in [5.41, 5.74) is 2.35. The fraction of sp³-hybridized carbons (Fsp3) is 0.250. The van der Waals surface area contributed by atoms with Gasteiger partial charge in [-0.05, 0) is 24.3 Å².